The van der Waals surface area contributed by atoms with Gasteiger partial charge in [0, 0.05) is 22.7 Å². The zero-order valence-corrected chi connectivity index (χ0v) is 33.2. The third kappa shape index (κ3) is 8.42. The third-order valence-electron chi connectivity index (χ3n) is 14.9. The first kappa shape index (κ1) is 43.3. The molecule has 1 heterocycles. The van der Waals surface area contributed by atoms with Crippen LogP contribution in [0.15, 0.2) is 24.3 Å². The lowest BCUT2D eigenvalue weighted by Gasteiger charge is -2.58. The summed E-state index contributed by atoms with van der Waals surface area (Å²) in [5.74, 6) is -11.9. The summed E-state index contributed by atoms with van der Waals surface area (Å²) in [6.07, 6.45) is 1.31. The van der Waals surface area contributed by atoms with Crippen LogP contribution in [0.5, 0.6) is 0 Å². The van der Waals surface area contributed by atoms with Crippen molar-refractivity contribution in [3.8, 4) is 0 Å². The maximum Gasteiger partial charge on any atom is 0.333 e. The summed E-state index contributed by atoms with van der Waals surface area (Å²) < 4.78 is 24.0. The van der Waals surface area contributed by atoms with Crippen molar-refractivity contribution >= 4 is 35.8 Å². The molecule has 0 aromatic heterocycles. The Hall–Kier alpha value is -3.78. The maximum atomic E-state index is 13.9. The Bertz CT molecular complexity index is 1490. The SMILES string of the molecule is C=C1CCC2C3(C)CCCC2(C)C1COC(C(=O)O)C(CC(=O)O)C(=O)OCC1(C)CCCC2(C)C(COC(C(=O)O)C(CC(=O)O)C(=O)OC3)C(=C)CCC12. The van der Waals surface area contributed by atoms with E-state index < -0.39 is 106 Å². The molecule has 4 aliphatic carbocycles. The van der Waals surface area contributed by atoms with E-state index in [2.05, 4.69) is 27.0 Å². The first-order chi connectivity index (χ1) is 26.2. The standard InChI is InChI=1S/C42H60O14/c1-23-9-11-29-39(3)13-7-15-41(29,5)27(23)19-53-33(35(47)48)25(17-31(43)44)37(51)56-22-40(4)14-8-16-42(6)28(24(2)10-12-30(40)42)20-54-34(36(49)50)26(18-32(45)46)38(52)55-21-39/h25-30,33-34H,1-2,7-22H2,3-6H3,(H,43,44)(H,45,46)(H,47,48)(H,49,50). The number of carboxylic acid groups (broad SMARTS) is 4. The maximum absolute atomic E-state index is 13.9. The van der Waals surface area contributed by atoms with Gasteiger partial charge in [0.25, 0.3) is 0 Å². The Morgan fingerprint density at radius 3 is 1.30 bits per heavy atom. The zero-order chi connectivity index (χ0) is 41.4. The monoisotopic (exact) mass is 788 g/mol. The van der Waals surface area contributed by atoms with E-state index in [0.717, 1.165) is 11.1 Å². The number of carboxylic acids is 4. The van der Waals surface area contributed by atoms with Crippen molar-refractivity contribution < 1.29 is 68.1 Å². The van der Waals surface area contributed by atoms with Crippen LogP contribution in [0.1, 0.15) is 105 Å². The summed E-state index contributed by atoms with van der Waals surface area (Å²) >= 11 is 0. The second-order valence-corrected chi connectivity index (χ2v) is 18.4. The number of aliphatic carboxylic acids is 4. The molecule has 5 fully saturated rings. The van der Waals surface area contributed by atoms with Crippen molar-refractivity contribution in [2.75, 3.05) is 26.4 Å². The Morgan fingerprint density at radius 1 is 0.625 bits per heavy atom. The van der Waals surface area contributed by atoms with E-state index in [1.807, 2.05) is 13.8 Å². The second kappa shape index (κ2) is 16.6. The highest BCUT2D eigenvalue weighted by Crippen LogP contribution is 2.62. The van der Waals surface area contributed by atoms with Crippen LogP contribution in [0.4, 0.5) is 0 Å². The number of carbonyl (C=O) groups is 6. The summed E-state index contributed by atoms with van der Waals surface area (Å²) in [6.45, 7) is 16.2. The van der Waals surface area contributed by atoms with E-state index in [-0.39, 0.29) is 38.3 Å². The molecule has 8 bridgehead atoms. The molecule has 312 valence electrons. The van der Waals surface area contributed by atoms with Crippen molar-refractivity contribution in [2.24, 2.45) is 57.2 Å². The first-order valence-corrected chi connectivity index (χ1v) is 20.0. The topological polar surface area (TPSA) is 220 Å². The molecule has 0 spiro atoms. The number of hydrogen-bond acceptors (Lipinski definition) is 10. The molecule has 0 amide bonds. The molecular weight excluding hydrogens is 728 g/mol. The normalized spacial score (nSPS) is 41.5. The van der Waals surface area contributed by atoms with Gasteiger partial charge in [-0.05, 0) is 74.0 Å². The molecular formula is C42H60O14. The molecule has 56 heavy (non-hydrogen) atoms. The Morgan fingerprint density at radius 2 is 0.982 bits per heavy atom. The lowest BCUT2D eigenvalue weighted by molar-refractivity contribution is -0.184. The van der Waals surface area contributed by atoms with Crippen molar-refractivity contribution in [1.82, 2.24) is 0 Å². The zero-order valence-electron chi connectivity index (χ0n) is 33.2. The van der Waals surface area contributed by atoms with Gasteiger partial charge in [0.15, 0.2) is 12.2 Å². The van der Waals surface area contributed by atoms with Gasteiger partial charge in [0.05, 0.1) is 39.3 Å². The molecule has 14 nitrogen and oxygen atoms in total. The van der Waals surface area contributed by atoms with Crippen molar-refractivity contribution in [1.29, 1.82) is 0 Å². The molecule has 0 aromatic rings. The third-order valence-corrected chi connectivity index (χ3v) is 14.9. The van der Waals surface area contributed by atoms with Gasteiger partial charge in [-0.15, -0.1) is 0 Å². The minimum absolute atomic E-state index is 0.104. The molecule has 5 aliphatic rings. The van der Waals surface area contributed by atoms with Crippen LogP contribution < -0.4 is 0 Å². The minimum atomic E-state index is -1.80. The first-order valence-electron chi connectivity index (χ1n) is 20.0. The lowest BCUT2D eigenvalue weighted by atomic mass is 9.47. The summed E-state index contributed by atoms with van der Waals surface area (Å²) in [7, 11) is 0. The van der Waals surface area contributed by atoms with E-state index >= 15 is 0 Å². The summed E-state index contributed by atoms with van der Waals surface area (Å²) in [4.78, 5) is 77.6. The molecule has 5 rings (SSSR count). The van der Waals surface area contributed by atoms with Gasteiger partial charge in [0.1, 0.15) is 11.8 Å². The van der Waals surface area contributed by atoms with Crippen molar-refractivity contribution in [2.45, 2.75) is 117 Å². The average molecular weight is 789 g/mol. The van der Waals surface area contributed by atoms with E-state index in [9.17, 15) is 49.2 Å². The molecule has 0 aromatic carbocycles. The van der Waals surface area contributed by atoms with Crippen molar-refractivity contribution in [3.05, 3.63) is 24.3 Å². The summed E-state index contributed by atoms with van der Waals surface area (Å²) in [5, 5.41) is 40.5. The smallest absolute Gasteiger partial charge is 0.333 e. The predicted octanol–water partition coefficient (Wildman–Crippen LogP) is 5.77. The van der Waals surface area contributed by atoms with Gasteiger partial charge in [-0.1, -0.05) is 64.8 Å². The Labute approximate surface area is 328 Å². The number of hydrogen-bond donors (Lipinski definition) is 4. The van der Waals surface area contributed by atoms with Crippen LogP contribution in [0.2, 0.25) is 0 Å². The summed E-state index contributed by atoms with van der Waals surface area (Å²) in [6, 6.07) is 0. The van der Waals surface area contributed by atoms with Gasteiger partial charge >= 0.3 is 35.8 Å². The molecule has 14 heteroatoms. The van der Waals surface area contributed by atoms with Crippen LogP contribution >= 0.6 is 0 Å². The quantitative estimate of drug-likeness (QED) is 0.186. The molecule has 4 N–H and O–H groups in total. The second-order valence-electron chi connectivity index (χ2n) is 18.4. The number of rotatable bonds is 6. The highest BCUT2D eigenvalue weighted by atomic mass is 16.6. The van der Waals surface area contributed by atoms with Gasteiger partial charge < -0.3 is 39.4 Å². The molecule has 1 saturated heterocycles. The Balaban J connectivity index is 1.57. The Kier molecular flexibility index (Phi) is 12.8. The largest absolute Gasteiger partial charge is 0.481 e. The predicted molar refractivity (Wildman–Crippen MR) is 199 cm³/mol. The molecule has 1 aliphatic heterocycles. The number of esters is 2. The molecule has 4 saturated carbocycles. The van der Waals surface area contributed by atoms with Gasteiger partial charge in [-0.2, -0.15) is 0 Å². The fourth-order valence-corrected chi connectivity index (χ4v) is 11.9. The van der Waals surface area contributed by atoms with Gasteiger partial charge in [0.2, 0.25) is 0 Å². The molecule has 12 atom stereocenters. The number of cyclic esters (lactones) is 2. The van der Waals surface area contributed by atoms with Crippen LogP contribution in [-0.4, -0.2) is 94.9 Å². The number of carbonyl (C=O) groups excluding carboxylic acids is 2. The minimum Gasteiger partial charge on any atom is -0.481 e. The van der Waals surface area contributed by atoms with E-state index in [4.69, 9.17) is 18.9 Å². The highest BCUT2D eigenvalue weighted by molar-refractivity contribution is 5.87. The summed E-state index contributed by atoms with van der Waals surface area (Å²) in [5.41, 5.74) is -0.688. The molecule has 12 unspecified atom stereocenters. The van der Waals surface area contributed by atoms with Crippen LogP contribution in [-0.2, 0) is 47.7 Å². The average Bonchev–Trinajstić information content (AvgIpc) is 3.09. The number of ether oxygens (including phenoxy) is 4. The van der Waals surface area contributed by atoms with E-state index in [0.29, 0.717) is 64.2 Å². The van der Waals surface area contributed by atoms with Crippen LogP contribution in [0, 0.1) is 57.2 Å². The fraction of sp³-hybridized carbons (Fsp3) is 0.762. The molecule has 0 radical (unpaired) electrons. The van der Waals surface area contributed by atoms with Gasteiger partial charge in [-0.25, -0.2) is 9.59 Å². The van der Waals surface area contributed by atoms with Crippen molar-refractivity contribution in [3.63, 3.8) is 0 Å². The van der Waals surface area contributed by atoms with Crippen LogP contribution in [0.25, 0.3) is 0 Å². The lowest BCUT2D eigenvalue weighted by Crippen LogP contribution is -2.54. The fourth-order valence-electron chi connectivity index (χ4n) is 11.9. The highest BCUT2D eigenvalue weighted by Gasteiger charge is 2.58. The van der Waals surface area contributed by atoms with Gasteiger partial charge in [-0.3, -0.25) is 19.2 Å². The van der Waals surface area contributed by atoms with E-state index in [1.165, 1.54) is 0 Å². The van der Waals surface area contributed by atoms with E-state index in [1.54, 1.807) is 0 Å². The van der Waals surface area contributed by atoms with Crippen LogP contribution in [0.3, 0.4) is 0 Å².